The number of nitrogens with zero attached hydrogens (tertiary/aromatic N) is 1. The summed E-state index contributed by atoms with van der Waals surface area (Å²) in [5.41, 5.74) is -0.269. The highest BCUT2D eigenvalue weighted by molar-refractivity contribution is 8.24. The molecular formula is C51H59NO18S2. The van der Waals surface area contributed by atoms with Gasteiger partial charge in [0.05, 0.1) is 56.8 Å². The third-order valence-electron chi connectivity index (χ3n) is 13.4. The van der Waals surface area contributed by atoms with Crippen molar-refractivity contribution in [3.8, 4) is 11.5 Å². The lowest BCUT2D eigenvalue weighted by Crippen LogP contribution is -2.34. The molecule has 4 aliphatic carbocycles. The fraction of sp³-hybridized carbons (Fsp3) is 0.569. The fourth-order valence-corrected chi connectivity index (χ4v) is 11.8. The predicted octanol–water partition coefficient (Wildman–Crippen LogP) is 7.67. The number of benzene rings is 1. The van der Waals surface area contributed by atoms with Crippen LogP contribution in [-0.2, 0) is 76.3 Å². The van der Waals surface area contributed by atoms with E-state index in [-0.39, 0.29) is 83.0 Å². The molecule has 1 heterocycles. The molecule has 1 aromatic rings. The Morgan fingerprint density at radius 1 is 0.556 bits per heavy atom. The van der Waals surface area contributed by atoms with Crippen molar-refractivity contribution in [1.82, 2.24) is 0 Å². The smallest absolute Gasteiger partial charge is 0.338 e. The molecule has 0 N–H and O–H groups in total. The second kappa shape index (κ2) is 27.2. The van der Waals surface area contributed by atoms with Gasteiger partial charge in [0.15, 0.2) is 12.6 Å². The molecule has 4 fully saturated rings. The van der Waals surface area contributed by atoms with E-state index in [4.69, 9.17) is 49.2 Å². The van der Waals surface area contributed by atoms with E-state index in [1.165, 1.54) is 12.1 Å². The van der Waals surface area contributed by atoms with E-state index in [1.807, 2.05) is 0 Å². The number of hydrogen-bond donors (Lipinski definition) is 0. The number of ether oxygens (including phenoxy) is 9. The number of esters is 8. The lowest BCUT2D eigenvalue weighted by Gasteiger charge is -2.30. The normalized spacial score (nSPS) is 25.3. The first-order valence-corrected chi connectivity index (χ1v) is 25.9. The van der Waals surface area contributed by atoms with Crippen molar-refractivity contribution in [2.45, 2.75) is 132 Å². The standard InChI is InChI=1S/C51H59NO18S2/c1-5-40(54)64-27-62-26-37(53)29-8-10-31(11-9-29)46(57)67-35-20-16-33(17-21-35)48(59)69-38-24-25-39(44-43(38)71-51(72-44)42(52-4)50(61)63-7-3)70-49(60)34-18-22-36(23-19-34)68-47(58)32-14-12-30(13-15-32)45(56)66-28-65-41(55)6-2/h5-6,24-25,29-36H,1-2,7-23,26-28H2,3H3/b51-42+. The minimum atomic E-state index is -0.823. The van der Waals surface area contributed by atoms with Crippen molar-refractivity contribution < 1.29 is 85.8 Å². The van der Waals surface area contributed by atoms with E-state index in [2.05, 4.69) is 18.0 Å². The number of hydrogen-bond acceptors (Lipinski definition) is 20. The van der Waals surface area contributed by atoms with Crippen LogP contribution in [0.1, 0.15) is 110 Å². The number of carbonyl (C=O) groups excluding carboxylic acids is 9. The Kier molecular flexibility index (Phi) is 20.9. The number of fused-ring (bicyclic) bond motifs is 1. The Bertz CT molecular complexity index is 2310. The summed E-state index contributed by atoms with van der Waals surface area (Å²) in [4.78, 5) is 118. The van der Waals surface area contributed by atoms with E-state index in [0.29, 0.717) is 113 Å². The zero-order chi connectivity index (χ0) is 51.7. The molecule has 0 aromatic heterocycles. The van der Waals surface area contributed by atoms with Gasteiger partial charge in [0.2, 0.25) is 6.79 Å². The molecule has 0 unspecified atom stereocenters. The van der Waals surface area contributed by atoms with Gasteiger partial charge in [-0.2, -0.15) is 0 Å². The van der Waals surface area contributed by atoms with Gasteiger partial charge < -0.3 is 42.6 Å². The number of ketones is 1. The van der Waals surface area contributed by atoms with Crippen LogP contribution in [0, 0.1) is 42.1 Å². The molecule has 0 spiro atoms. The summed E-state index contributed by atoms with van der Waals surface area (Å²) in [5.74, 6) is -6.61. The minimum absolute atomic E-state index is 0.0416. The maximum absolute atomic E-state index is 13.7. The van der Waals surface area contributed by atoms with Crippen LogP contribution in [0.25, 0.3) is 4.85 Å². The molecule has 0 bridgehead atoms. The van der Waals surface area contributed by atoms with Gasteiger partial charge in [-0.15, -0.1) is 0 Å². The third-order valence-corrected chi connectivity index (χ3v) is 16.0. The van der Waals surface area contributed by atoms with Crippen molar-refractivity contribution in [2.75, 3.05) is 26.8 Å². The van der Waals surface area contributed by atoms with Gasteiger partial charge in [0.1, 0.15) is 30.3 Å². The quantitative estimate of drug-likeness (QED) is 0.0231. The van der Waals surface area contributed by atoms with E-state index >= 15 is 0 Å². The van der Waals surface area contributed by atoms with Crippen LogP contribution in [0.5, 0.6) is 11.5 Å². The molecule has 388 valence electrons. The SMILES string of the molecule is [C-]#[N+]/C(C(=O)OCC)=C1\Sc2c(OC(=O)C3CCC(OC(=O)C4CCC(C(=O)COCOC(=O)C=C)CC4)CC3)ccc(OC(=O)C3CCC(OC(=O)C4CCC(C(=O)OCOC(=O)C=C)CC4)CC3)c2S1. The van der Waals surface area contributed by atoms with Crippen LogP contribution in [0.3, 0.4) is 0 Å². The largest absolute Gasteiger partial charge is 0.471 e. The van der Waals surface area contributed by atoms with Gasteiger partial charge >= 0.3 is 47.8 Å². The minimum Gasteiger partial charge on any atom is -0.471 e. The zero-order valence-corrected chi connectivity index (χ0v) is 41.7. The molecule has 19 nitrogen and oxygen atoms in total. The maximum atomic E-state index is 13.7. The van der Waals surface area contributed by atoms with Crippen LogP contribution >= 0.6 is 23.5 Å². The molecular weight excluding hydrogens is 979 g/mol. The van der Waals surface area contributed by atoms with Crippen molar-refractivity contribution in [2.24, 2.45) is 35.5 Å². The van der Waals surface area contributed by atoms with E-state index in [9.17, 15) is 43.2 Å². The Labute approximate surface area is 425 Å². The summed E-state index contributed by atoms with van der Waals surface area (Å²) in [5, 5.41) is 0. The summed E-state index contributed by atoms with van der Waals surface area (Å²) in [6.45, 7) is 14.9. The third kappa shape index (κ3) is 15.3. The number of rotatable bonds is 20. The van der Waals surface area contributed by atoms with Crippen molar-refractivity contribution in [3.63, 3.8) is 0 Å². The topological polar surface area (TPSA) is 241 Å². The molecule has 6 rings (SSSR count). The van der Waals surface area contributed by atoms with E-state index in [0.717, 1.165) is 35.7 Å². The number of Topliss-reactive ketones (excluding diaryl/α,β-unsaturated/α-hetero) is 1. The summed E-state index contributed by atoms with van der Waals surface area (Å²) in [6.07, 6.45) is 8.23. The predicted molar refractivity (Wildman–Crippen MR) is 254 cm³/mol. The molecule has 1 aromatic carbocycles. The molecule has 1 aliphatic heterocycles. The lowest BCUT2D eigenvalue weighted by atomic mass is 9.80. The number of carbonyl (C=O) groups is 9. The molecule has 0 amide bonds. The second-order valence-electron chi connectivity index (χ2n) is 18.0. The molecule has 0 atom stereocenters. The zero-order valence-electron chi connectivity index (χ0n) is 40.1. The maximum Gasteiger partial charge on any atom is 0.338 e. The van der Waals surface area contributed by atoms with Gasteiger partial charge in [-0.3, -0.25) is 33.6 Å². The highest BCUT2D eigenvalue weighted by Gasteiger charge is 2.39. The summed E-state index contributed by atoms with van der Waals surface area (Å²) in [7, 11) is 0. The molecule has 21 heteroatoms. The van der Waals surface area contributed by atoms with Crippen molar-refractivity contribution in [1.29, 1.82) is 0 Å². The summed E-state index contributed by atoms with van der Waals surface area (Å²) < 4.78 is 48.6. The summed E-state index contributed by atoms with van der Waals surface area (Å²) in [6, 6.07) is 3.02. The average Bonchev–Trinajstić information content (AvgIpc) is 3.84. The van der Waals surface area contributed by atoms with Crippen LogP contribution in [0.4, 0.5) is 0 Å². The first-order chi connectivity index (χ1) is 34.7. The lowest BCUT2D eigenvalue weighted by molar-refractivity contribution is -0.170. The van der Waals surface area contributed by atoms with Gasteiger partial charge in [-0.1, -0.05) is 36.7 Å². The van der Waals surface area contributed by atoms with E-state index in [1.54, 1.807) is 6.92 Å². The van der Waals surface area contributed by atoms with Gasteiger partial charge in [-0.25, -0.2) is 14.4 Å². The van der Waals surface area contributed by atoms with Crippen LogP contribution in [-0.4, -0.2) is 92.5 Å². The molecule has 72 heavy (non-hydrogen) atoms. The molecule has 5 aliphatic rings. The van der Waals surface area contributed by atoms with Crippen LogP contribution in [0.15, 0.2) is 57.2 Å². The van der Waals surface area contributed by atoms with Crippen LogP contribution < -0.4 is 9.47 Å². The Morgan fingerprint density at radius 2 is 0.958 bits per heavy atom. The van der Waals surface area contributed by atoms with Gasteiger partial charge in [0, 0.05) is 18.1 Å². The Balaban J connectivity index is 0.979. The Morgan fingerprint density at radius 3 is 1.39 bits per heavy atom. The molecule has 0 radical (unpaired) electrons. The monoisotopic (exact) mass is 1040 g/mol. The van der Waals surface area contributed by atoms with Gasteiger partial charge in [0.25, 0.3) is 5.70 Å². The van der Waals surface area contributed by atoms with Crippen molar-refractivity contribution in [3.05, 3.63) is 58.8 Å². The average molecular weight is 1040 g/mol. The number of thioether (sulfide) groups is 2. The highest BCUT2D eigenvalue weighted by atomic mass is 32.2. The summed E-state index contributed by atoms with van der Waals surface area (Å²) >= 11 is 2.07. The fourth-order valence-electron chi connectivity index (χ4n) is 9.25. The van der Waals surface area contributed by atoms with Gasteiger partial charge in [-0.05, 0) is 122 Å². The molecule has 4 saturated carbocycles. The highest BCUT2D eigenvalue weighted by Crippen LogP contribution is 2.59. The first kappa shape index (κ1) is 55.3. The van der Waals surface area contributed by atoms with Crippen molar-refractivity contribution >= 4 is 77.1 Å². The van der Waals surface area contributed by atoms with E-state index < -0.39 is 66.5 Å². The van der Waals surface area contributed by atoms with Crippen LogP contribution in [0.2, 0.25) is 0 Å². The molecule has 0 saturated heterocycles. The first-order valence-electron chi connectivity index (χ1n) is 24.2. The Hall–Kier alpha value is -5.98. The second-order valence-corrected chi connectivity index (χ2v) is 20.3.